The van der Waals surface area contributed by atoms with E-state index in [1.165, 1.54) is 17.3 Å². The molecule has 0 saturated carbocycles. The number of benzene rings is 2. The lowest BCUT2D eigenvalue weighted by Gasteiger charge is -2.19. The van der Waals surface area contributed by atoms with Crippen molar-refractivity contribution >= 4 is 23.4 Å². The number of amides is 1. The Hall–Kier alpha value is -3.85. The molecular formula is C26H25N5O3S. The average Bonchev–Trinajstić information content (AvgIpc) is 3.32. The van der Waals surface area contributed by atoms with Crippen LogP contribution < -0.4 is 14.8 Å². The number of hydrogen-bond acceptors (Lipinski definition) is 7. The van der Waals surface area contributed by atoms with Gasteiger partial charge in [-0.3, -0.25) is 14.3 Å². The summed E-state index contributed by atoms with van der Waals surface area (Å²) in [4.78, 5) is 17.0. The van der Waals surface area contributed by atoms with Gasteiger partial charge in [-0.1, -0.05) is 43.8 Å². The third-order valence-electron chi connectivity index (χ3n) is 5.51. The molecule has 0 radical (unpaired) electrons. The lowest BCUT2D eigenvalue weighted by molar-refractivity contribution is -0.113. The van der Waals surface area contributed by atoms with Crippen molar-refractivity contribution in [2.45, 2.75) is 24.9 Å². The first-order valence-electron chi connectivity index (χ1n) is 11.4. The number of nitrogens with zero attached hydrogens (tertiary/aromatic N) is 4. The number of aromatic nitrogens is 4. The number of ether oxygens (including phenoxy) is 2. The number of para-hydroxylation sites is 1. The molecule has 178 valence electrons. The Bertz CT molecular complexity index is 1340. The predicted octanol–water partition coefficient (Wildman–Crippen LogP) is 4.95. The maximum absolute atomic E-state index is 12.8. The van der Waals surface area contributed by atoms with Crippen LogP contribution in [0, 0.1) is 0 Å². The summed E-state index contributed by atoms with van der Waals surface area (Å²) in [7, 11) is 0. The van der Waals surface area contributed by atoms with Gasteiger partial charge < -0.3 is 14.8 Å². The minimum Gasteiger partial charge on any atom is -0.486 e. The van der Waals surface area contributed by atoms with Gasteiger partial charge in [-0.2, -0.15) is 0 Å². The Balaban J connectivity index is 1.40. The quantitative estimate of drug-likeness (QED) is 0.369. The first-order chi connectivity index (χ1) is 17.1. The van der Waals surface area contributed by atoms with Gasteiger partial charge in [0.15, 0.2) is 22.5 Å². The average molecular weight is 488 g/mol. The lowest BCUT2D eigenvalue weighted by Crippen LogP contribution is -2.17. The molecule has 0 aliphatic carbocycles. The van der Waals surface area contributed by atoms with Crippen molar-refractivity contribution in [3.63, 3.8) is 0 Å². The van der Waals surface area contributed by atoms with E-state index in [1.807, 2.05) is 28.8 Å². The maximum atomic E-state index is 12.8. The molecule has 5 rings (SSSR count). The van der Waals surface area contributed by atoms with Crippen LogP contribution in [-0.2, 0) is 4.79 Å². The Labute approximate surface area is 207 Å². The summed E-state index contributed by atoms with van der Waals surface area (Å²) in [6.07, 6.45) is 3.49. The largest absolute Gasteiger partial charge is 0.486 e. The molecule has 2 aromatic heterocycles. The molecule has 0 saturated heterocycles. The second kappa shape index (κ2) is 10.2. The minimum atomic E-state index is -0.152. The van der Waals surface area contributed by atoms with E-state index in [2.05, 4.69) is 46.5 Å². The monoisotopic (exact) mass is 487 g/mol. The summed E-state index contributed by atoms with van der Waals surface area (Å²) in [5, 5.41) is 12.5. The van der Waals surface area contributed by atoms with Gasteiger partial charge in [-0.05, 0) is 41.8 Å². The number of pyridine rings is 1. The van der Waals surface area contributed by atoms with Crippen LogP contribution in [0.25, 0.3) is 17.1 Å². The van der Waals surface area contributed by atoms with E-state index in [4.69, 9.17) is 9.47 Å². The standard InChI is InChI=1S/C26H25N5O3S/c1-17(2)20-7-3-4-8-21(20)31-25(18-6-5-11-27-15-18)29-30-26(31)35-16-24(32)28-19-9-10-22-23(14-19)34-13-12-33-22/h3-11,14-15,17H,12-13,16H2,1-2H3,(H,28,32). The summed E-state index contributed by atoms with van der Waals surface area (Å²) in [6, 6.07) is 17.4. The smallest absolute Gasteiger partial charge is 0.234 e. The maximum Gasteiger partial charge on any atom is 0.234 e. The second-order valence-electron chi connectivity index (χ2n) is 8.29. The zero-order chi connectivity index (χ0) is 24.2. The summed E-state index contributed by atoms with van der Waals surface area (Å²) in [5.74, 6) is 2.31. The molecule has 9 heteroatoms. The van der Waals surface area contributed by atoms with Gasteiger partial charge >= 0.3 is 0 Å². The van der Waals surface area contributed by atoms with E-state index in [1.54, 1.807) is 30.6 Å². The number of nitrogens with one attached hydrogen (secondary N) is 1. The van der Waals surface area contributed by atoms with Crippen molar-refractivity contribution in [2.24, 2.45) is 0 Å². The van der Waals surface area contributed by atoms with Crippen LogP contribution in [0.5, 0.6) is 11.5 Å². The fourth-order valence-electron chi connectivity index (χ4n) is 3.89. The third-order valence-corrected chi connectivity index (χ3v) is 6.44. The second-order valence-corrected chi connectivity index (χ2v) is 9.23. The molecule has 0 atom stereocenters. The summed E-state index contributed by atoms with van der Waals surface area (Å²) in [5.41, 5.74) is 3.66. The molecule has 1 aliphatic rings. The van der Waals surface area contributed by atoms with E-state index < -0.39 is 0 Å². The van der Waals surface area contributed by atoms with Gasteiger partial charge in [0.25, 0.3) is 0 Å². The molecule has 35 heavy (non-hydrogen) atoms. The van der Waals surface area contributed by atoms with Gasteiger partial charge in [-0.25, -0.2) is 0 Å². The number of anilines is 1. The summed E-state index contributed by atoms with van der Waals surface area (Å²) < 4.78 is 13.2. The molecule has 1 N–H and O–H groups in total. The molecule has 8 nitrogen and oxygen atoms in total. The van der Waals surface area contributed by atoms with E-state index in [0.29, 0.717) is 47.3 Å². The van der Waals surface area contributed by atoms with Crippen molar-refractivity contribution in [1.82, 2.24) is 19.7 Å². The number of rotatable bonds is 7. The molecule has 0 spiro atoms. The number of fused-ring (bicyclic) bond motifs is 1. The molecule has 0 fully saturated rings. The van der Waals surface area contributed by atoms with Crippen molar-refractivity contribution in [2.75, 3.05) is 24.3 Å². The first-order valence-corrected chi connectivity index (χ1v) is 12.4. The van der Waals surface area contributed by atoms with Crippen LogP contribution in [0.15, 0.2) is 72.1 Å². The zero-order valence-electron chi connectivity index (χ0n) is 19.5. The van der Waals surface area contributed by atoms with Gasteiger partial charge in [0.2, 0.25) is 5.91 Å². The van der Waals surface area contributed by atoms with Gasteiger partial charge in [0.1, 0.15) is 13.2 Å². The highest BCUT2D eigenvalue weighted by Gasteiger charge is 2.20. The Morgan fingerprint density at radius 2 is 1.89 bits per heavy atom. The molecule has 1 aliphatic heterocycles. The highest BCUT2D eigenvalue weighted by atomic mass is 32.2. The predicted molar refractivity (Wildman–Crippen MR) is 135 cm³/mol. The van der Waals surface area contributed by atoms with Crippen LogP contribution in [0.3, 0.4) is 0 Å². The highest BCUT2D eigenvalue weighted by Crippen LogP contribution is 2.34. The van der Waals surface area contributed by atoms with Crippen LogP contribution in [-0.4, -0.2) is 44.6 Å². The van der Waals surface area contributed by atoms with Crippen LogP contribution in [0.2, 0.25) is 0 Å². The lowest BCUT2D eigenvalue weighted by atomic mass is 10.0. The van der Waals surface area contributed by atoms with Crippen molar-refractivity contribution in [3.8, 4) is 28.6 Å². The number of carbonyl (C=O) groups excluding carboxylic acids is 1. The fraction of sp³-hybridized carbons (Fsp3) is 0.231. The van der Waals surface area contributed by atoms with Gasteiger partial charge in [-0.15, -0.1) is 10.2 Å². The fourth-order valence-corrected chi connectivity index (χ4v) is 4.64. The van der Waals surface area contributed by atoms with Crippen LogP contribution in [0.4, 0.5) is 5.69 Å². The minimum absolute atomic E-state index is 0.152. The topological polar surface area (TPSA) is 91.2 Å². The molecule has 1 amide bonds. The van der Waals surface area contributed by atoms with E-state index in [9.17, 15) is 4.79 Å². The third kappa shape index (κ3) is 5.00. The van der Waals surface area contributed by atoms with Gasteiger partial charge in [0, 0.05) is 29.7 Å². The SMILES string of the molecule is CC(C)c1ccccc1-n1c(SCC(=O)Nc2ccc3c(c2)OCCO3)nnc1-c1cccnc1. The van der Waals surface area contributed by atoms with Crippen molar-refractivity contribution in [3.05, 3.63) is 72.6 Å². The van der Waals surface area contributed by atoms with Crippen molar-refractivity contribution in [1.29, 1.82) is 0 Å². The molecule has 0 unspecified atom stereocenters. The number of carbonyl (C=O) groups is 1. The summed E-state index contributed by atoms with van der Waals surface area (Å²) >= 11 is 1.33. The summed E-state index contributed by atoms with van der Waals surface area (Å²) in [6.45, 7) is 5.32. The number of thioether (sulfide) groups is 1. The molecule has 0 bridgehead atoms. The molecular weight excluding hydrogens is 462 g/mol. The first kappa shape index (κ1) is 22.9. The zero-order valence-corrected chi connectivity index (χ0v) is 20.3. The molecule has 2 aromatic carbocycles. The Morgan fingerprint density at radius 3 is 2.69 bits per heavy atom. The normalized spacial score (nSPS) is 12.5. The van der Waals surface area contributed by atoms with Crippen LogP contribution >= 0.6 is 11.8 Å². The Kier molecular flexibility index (Phi) is 6.67. The molecule has 3 heterocycles. The van der Waals surface area contributed by atoms with Gasteiger partial charge in [0.05, 0.1) is 11.4 Å². The Morgan fingerprint density at radius 1 is 1.06 bits per heavy atom. The highest BCUT2D eigenvalue weighted by molar-refractivity contribution is 7.99. The van der Waals surface area contributed by atoms with E-state index in [0.717, 1.165) is 11.3 Å². The van der Waals surface area contributed by atoms with E-state index >= 15 is 0 Å². The van der Waals surface area contributed by atoms with E-state index in [-0.39, 0.29) is 11.7 Å². The van der Waals surface area contributed by atoms with Crippen molar-refractivity contribution < 1.29 is 14.3 Å². The molecule has 4 aromatic rings. The number of hydrogen-bond donors (Lipinski definition) is 1. The van der Waals surface area contributed by atoms with Crippen LogP contribution in [0.1, 0.15) is 25.3 Å².